The quantitative estimate of drug-likeness (QED) is 0.0478. The molecule has 0 aliphatic heterocycles. The Kier molecular flexibility index (Phi) is 31.0. The third kappa shape index (κ3) is 19.3. The second-order valence-corrected chi connectivity index (χ2v) is 14.2. The maximum atomic E-state index is 2.63. The van der Waals surface area contributed by atoms with Crippen molar-refractivity contribution in [2.24, 2.45) is 0 Å². The number of rotatable bonds is 28. The fourth-order valence-electron chi connectivity index (χ4n) is 7.16. The van der Waals surface area contributed by atoms with E-state index in [1.54, 1.807) is 38.9 Å². The Morgan fingerprint density at radius 2 is 0.783 bits per heavy atom. The third-order valence-corrected chi connectivity index (χ3v) is 10.0. The van der Waals surface area contributed by atoms with Gasteiger partial charge in [-0.3, -0.25) is 0 Å². The van der Waals surface area contributed by atoms with Gasteiger partial charge in [0, 0.05) is 0 Å². The molecule has 0 unspecified atom stereocenters. The standard InChI is InChI=1S/C25H45.C20H35.Fe/c1-5-9-13-17-22-21-23(18-14-10-6-2)25(20-16-12-8-4)24(22)19-15-11-7-3;1-4-7-10-13-18-16-17-19(14-11-8-5-2)20(18)15-12-9-6-3;/h21H,5-20H2,1-4H3;16-17H,4-15H2,1-3H3;/q2*-1;+2. The molecule has 268 valence electrons. The summed E-state index contributed by atoms with van der Waals surface area (Å²) in [4.78, 5) is 0. The van der Waals surface area contributed by atoms with Gasteiger partial charge in [0.15, 0.2) is 0 Å². The number of unbranched alkanes of at least 4 members (excludes halogenated alkanes) is 14. The van der Waals surface area contributed by atoms with E-state index in [1.807, 2.05) is 0 Å². The van der Waals surface area contributed by atoms with E-state index in [0.717, 1.165) is 0 Å². The normalized spacial score (nSPS) is 11.0. The van der Waals surface area contributed by atoms with Crippen LogP contribution in [-0.4, -0.2) is 0 Å². The Labute approximate surface area is 301 Å². The topological polar surface area (TPSA) is 0 Å². The van der Waals surface area contributed by atoms with Crippen molar-refractivity contribution in [3.63, 3.8) is 0 Å². The predicted octanol–water partition coefficient (Wildman–Crippen LogP) is 14.9. The first-order valence-corrected chi connectivity index (χ1v) is 20.7. The van der Waals surface area contributed by atoms with Crippen LogP contribution in [-0.2, 0) is 62.0 Å². The average molecular weight is 677 g/mol. The predicted molar refractivity (Wildman–Crippen MR) is 207 cm³/mol. The van der Waals surface area contributed by atoms with Crippen molar-refractivity contribution in [2.45, 2.75) is 228 Å². The second-order valence-electron chi connectivity index (χ2n) is 14.2. The maximum Gasteiger partial charge on any atom is 2.00 e. The molecule has 2 rings (SSSR count). The molecule has 0 spiro atoms. The van der Waals surface area contributed by atoms with Gasteiger partial charge in [-0.15, -0.1) is 0 Å². The van der Waals surface area contributed by atoms with Crippen LogP contribution < -0.4 is 0 Å². The molecule has 0 amide bonds. The fraction of sp³-hybridized carbons (Fsp3) is 0.778. The number of aryl methyl sites for hydroxylation is 4. The van der Waals surface area contributed by atoms with Gasteiger partial charge in [0.1, 0.15) is 0 Å². The Morgan fingerprint density at radius 1 is 0.391 bits per heavy atom. The summed E-state index contributed by atoms with van der Waals surface area (Å²) in [6.07, 6.45) is 37.9. The van der Waals surface area contributed by atoms with Crippen molar-refractivity contribution in [1.82, 2.24) is 0 Å². The van der Waals surface area contributed by atoms with E-state index in [2.05, 4.69) is 66.7 Å². The van der Waals surface area contributed by atoms with Gasteiger partial charge in [-0.1, -0.05) is 228 Å². The summed E-state index contributed by atoms with van der Waals surface area (Å²) in [6.45, 7) is 16.2. The van der Waals surface area contributed by atoms with E-state index in [0.29, 0.717) is 0 Å². The van der Waals surface area contributed by atoms with E-state index in [-0.39, 0.29) is 17.1 Å². The van der Waals surface area contributed by atoms with Crippen molar-refractivity contribution in [1.29, 1.82) is 0 Å². The summed E-state index contributed by atoms with van der Waals surface area (Å²) >= 11 is 0. The van der Waals surface area contributed by atoms with Crippen molar-refractivity contribution in [2.75, 3.05) is 0 Å². The van der Waals surface area contributed by atoms with Crippen LogP contribution in [0.5, 0.6) is 0 Å². The fourth-order valence-corrected chi connectivity index (χ4v) is 7.16. The molecule has 2 aromatic carbocycles. The van der Waals surface area contributed by atoms with Gasteiger partial charge in [0.25, 0.3) is 0 Å². The molecule has 1 heteroatoms. The first kappa shape index (κ1) is 45.2. The SMILES string of the molecule is CCCCCc1c[c-](CCCCC)c(CCCCC)c1CCCCC.CCCCCc1cc[c-](CCCCC)c1CCCCC.[Fe+2]. The van der Waals surface area contributed by atoms with Crippen LogP contribution in [0.3, 0.4) is 0 Å². The van der Waals surface area contributed by atoms with Gasteiger partial charge in [-0.25, -0.2) is 6.07 Å². The first-order valence-electron chi connectivity index (χ1n) is 20.7. The Balaban J connectivity index is 0.000000882. The van der Waals surface area contributed by atoms with Crippen LogP contribution in [0.2, 0.25) is 0 Å². The second kappa shape index (κ2) is 31.5. The molecule has 0 heterocycles. The van der Waals surface area contributed by atoms with Gasteiger partial charge in [-0.2, -0.15) is 51.1 Å². The van der Waals surface area contributed by atoms with Gasteiger partial charge < -0.3 is 0 Å². The van der Waals surface area contributed by atoms with E-state index in [9.17, 15) is 0 Å². The molecule has 0 saturated heterocycles. The molecule has 0 saturated carbocycles. The number of hydrogen-bond donors (Lipinski definition) is 0. The van der Waals surface area contributed by atoms with Crippen LogP contribution in [0.4, 0.5) is 0 Å². The van der Waals surface area contributed by atoms with E-state index in [4.69, 9.17) is 0 Å². The molecule has 46 heavy (non-hydrogen) atoms. The van der Waals surface area contributed by atoms with Gasteiger partial charge in [0.2, 0.25) is 0 Å². The minimum Gasteiger partial charge on any atom is -0.210 e. The van der Waals surface area contributed by atoms with Crippen molar-refractivity contribution in [3.05, 3.63) is 57.1 Å². The molecule has 0 aliphatic carbocycles. The van der Waals surface area contributed by atoms with Gasteiger partial charge in [0.05, 0.1) is 0 Å². The minimum atomic E-state index is 0. The zero-order valence-corrected chi connectivity index (χ0v) is 33.5. The zero-order chi connectivity index (χ0) is 33.0. The van der Waals surface area contributed by atoms with Crippen LogP contribution in [0, 0.1) is 0 Å². The summed E-state index contributed by atoms with van der Waals surface area (Å²) in [5, 5.41) is 0. The molecule has 0 aliphatic rings. The summed E-state index contributed by atoms with van der Waals surface area (Å²) < 4.78 is 0. The first-order chi connectivity index (χ1) is 22.1. The Bertz CT molecular complexity index is 846. The summed E-state index contributed by atoms with van der Waals surface area (Å²) in [6, 6.07) is 7.49. The molecule has 0 N–H and O–H groups in total. The molecule has 0 bridgehead atoms. The summed E-state index contributed by atoms with van der Waals surface area (Å²) in [5.74, 6) is 0. The van der Waals surface area contributed by atoms with E-state index in [1.165, 1.54) is 180 Å². The van der Waals surface area contributed by atoms with Crippen LogP contribution in [0.1, 0.15) is 222 Å². The van der Waals surface area contributed by atoms with E-state index >= 15 is 0 Å². The van der Waals surface area contributed by atoms with Crippen molar-refractivity contribution < 1.29 is 17.1 Å². The molecule has 2 aromatic rings. The molecule has 0 aromatic heterocycles. The molecular formula is C45H80Fe. The van der Waals surface area contributed by atoms with Gasteiger partial charge >= 0.3 is 17.1 Å². The molecule has 0 atom stereocenters. The largest absolute Gasteiger partial charge is 2.00 e. The van der Waals surface area contributed by atoms with Crippen LogP contribution in [0.25, 0.3) is 0 Å². The molecular weight excluding hydrogens is 596 g/mol. The van der Waals surface area contributed by atoms with Crippen molar-refractivity contribution in [3.8, 4) is 0 Å². The smallest absolute Gasteiger partial charge is 0.210 e. The van der Waals surface area contributed by atoms with Crippen LogP contribution >= 0.6 is 0 Å². The van der Waals surface area contributed by atoms with Crippen molar-refractivity contribution >= 4 is 0 Å². The summed E-state index contributed by atoms with van der Waals surface area (Å²) in [7, 11) is 0. The Hall–Kier alpha value is -0.781. The third-order valence-electron chi connectivity index (χ3n) is 10.0. The zero-order valence-electron chi connectivity index (χ0n) is 32.4. The Morgan fingerprint density at radius 3 is 1.28 bits per heavy atom. The summed E-state index contributed by atoms with van der Waals surface area (Å²) in [5.41, 5.74) is 12.1. The minimum absolute atomic E-state index is 0. The molecule has 0 fully saturated rings. The monoisotopic (exact) mass is 677 g/mol. The average Bonchev–Trinajstić information content (AvgIpc) is 3.58. The molecule has 0 radical (unpaired) electrons. The van der Waals surface area contributed by atoms with Crippen LogP contribution in [0.15, 0.2) is 18.2 Å². The maximum absolute atomic E-state index is 2.63. The van der Waals surface area contributed by atoms with E-state index < -0.39 is 0 Å². The molecule has 0 nitrogen and oxygen atoms in total. The van der Waals surface area contributed by atoms with Gasteiger partial charge in [-0.05, 0) is 0 Å². The number of hydrogen-bond acceptors (Lipinski definition) is 0.